The van der Waals surface area contributed by atoms with Crippen LogP contribution in [0.4, 0.5) is 4.39 Å². The Morgan fingerprint density at radius 1 is 1.29 bits per heavy atom. The monoisotopic (exact) mass is 194 g/mol. The lowest BCUT2D eigenvalue weighted by molar-refractivity contribution is 0.0559. The highest BCUT2D eigenvalue weighted by molar-refractivity contribution is 5.78. The van der Waals surface area contributed by atoms with Crippen molar-refractivity contribution in [2.75, 3.05) is 0 Å². The molecule has 0 bridgehead atoms. The van der Waals surface area contributed by atoms with Gasteiger partial charge in [0, 0.05) is 5.39 Å². The van der Waals surface area contributed by atoms with Crippen LogP contribution in [-0.4, -0.2) is 5.11 Å². The van der Waals surface area contributed by atoms with E-state index in [2.05, 4.69) is 0 Å². The summed E-state index contributed by atoms with van der Waals surface area (Å²) in [6.45, 7) is 3.25. The van der Waals surface area contributed by atoms with Crippen molar-refractivity contribution in [3.63, 3.8) is 0 Å². The van der Waals surface area contributed by atoms with Gasteiger partial charge in [0.05, 0.1) is 0 Å². The summed E-state index contributed by atoms with van der Waals surface area (Å²) in [6, 6.07) is 5.92. The number of hydrogen-bond acceptors (Lipinski definition) is 2. The molecule has 74 valence electrons. The Kier molecular flexibility index (Phi) is 1.86. The minimum atomic E-state index is -1.03. The smallest absolute Gasteiger partial charge is 0.136 e. The molecule has 2 aromatic rings. The number of rotatable bonds is 1. The summed E-state index contributed by atoms with van der Waals surface area (Å²) in [5, 5.41) is 10.3. The number of furan rings is 1. The standard InChI is InChI=1S/C11H11FO2/c1-11(2,13)10-6-7-5-8(12)3-4-9(7)14-10/h3-6,13H,1-2H3. The van der Waals surface area contributed by atoms with Crippen molar-refractivity contribution in [1.29, 1.82) is 0 Å². The summed E-state index contributed by atoms with van der Waals surface area (Å²) in [6.07, 6.45) is 0. The highest BCUT2D eigenvalue weighted by Crippen LogP contribution is 2.27. The molecule has 0 fully saturated rings. The molecule has 0 saturated heterocycles. The van der Waals surface area contributed by atoms with Gasteiger partial charge >= 0.3 is 0 Å². The van der Waals surface area contributed by atoms with Crippen LogP contribution in [0, 0.1) is 5.82 Å². The van der Waals surface area contributed by atoms with Crippen LogP contribution in [0.1, 0.15) is 19.6 Å². The molecule has 0 aliphatic heterocycles. The topological polar surface area (TPSA) is 33.4 Å². The fourth-order valence-electron chi connectivity index (χ4n) is 1.32. The van der Waals surface area contributed by atoms with Crippen molar-refractivity contribution < 1.29 is 13.9 Å². The Hall–Kier alpha value is -1.35. The number of aliphatic hydroxyl groups is 1. The van der Waals surface area contributed by atoms with Gasteiger partial charge < -0.3 is 9.52 Å². The van der Waals surface area contributed by atoms with Crippen LogP contribution in [0.15, 0.2) is 28.7 Å². The van der Waals surface area contributed by atoms with E-state index in [4.69, 9.17) is 4.42 Å². The van der Waals surface area contributed by atoms with Crippen molar-refractivity contribution >= 4 is 11.0 Å². The molecule has 0 spiro atoms. The molecular formula is C11H11FO2. The molecule has 1 heterocycles. The van der Waals surface area contributed by atoms with Crippen LogP contribution >= 0.6 is 0 Å². The van der Waals surface area contributed by atoms with Gasteiger partial charge in [0.15, 0.2) is 0 Å². The SMILES string of the molecule is CC(C)(O)c1cc2cc(F)ccc2o1. The largest absolute Gasteiger partial charge is 0.458 e. The second-order valence-electron chi connectivity index (χ2n) is 3.85. The van der Waals surface area contributed by atoms with E-state index >= 15 is 0 Å². The Bertz CT molecular complexity index is 466. The number of halogens is 1. The lowest BCUT2D eigenvalue weighted by atomic mass is 10.1. The summed E-state index contributed by atoms with van der Waals surface area (Å²) < 4.78 is 18.2. The maximum atomic E-state index is 12.8. The van der Waals surface area contributed by atoms with E-state index in [1.165, 1.54) is 12.1 Å². The van der Waals surface area contributed by atoms with Crippen LogP contribution in [-0.2, 0) is 5.60 Å². The van der Waals surface area contributed by atoms with Gasteiger partial charge in [-0.25, -0.2) is 4.39 Å². The fraction of sp³-hybridized carbons (Fsp3) is 0.273. The maximum absolute atomic E-state index is 12.8. The lowest BCUT2D eigenvalue weighted by Crippen LogP contribution is -2.13. The lowest BCUT2D eigenvalue weighted by Gasteiger charge is -2.12. The predicted molar refractivity (Wildman–Crippen MR) is 51.4 cm³/mol. The molecule has 0 unspecified atom stereocenters. The van der Waals surface area contributed by atoms with Gasteiger partial charge in [-0.05, 0) is 38.1 Å². The molecule has 1 N–H and O–H groups in total. The molecule has 0 amide bonds. The van der Waals surface area contributed by atoms with Gasteiger partial charge in [-0.15, -0.1) is 0 Å². The predicted octanol–water partition coefficient (Wildman–Crippen LogP) is 2.80. The highest BCUT2D eigenvalue weighted by atomic mass is 19.1. The third-order valence-corrected chi connectivity index (χ3v) is 2.08. The second kappa shape index (κ2) is 2.82. The third-order valence-electron chi connectivity index (χ3n) is 2.08. The minimum absolute atomic E-state index is 0.305. The Morgan fingerprint density at radius 2 is 2.00 bits per heavy atom. The van der Waals surface area contributed by atoms with Crippen molar-refractivity contribution in [2.24, 2.45) is 0 Å². The molecule has 1 aromatic heterocycles. The van der Waals surface area contributed by atoms with Crippen molar-refractivity contribution in [3.8, 4) is 0 Å². The van der Waals surface area contributed by atoms with Gasteiger partial charge in [-0.3, -0.25) is 0 Å². The summed E-state index contributed by atoms with van der Waals surface area (Å²) in [5.41, 5.74) is -0.446. The fourth-order valence-corrected chi connectivity index (χ4v) is 1.32. The van der Waals surface area contributed by atoms with Gasteiger partial charge in [-0.2, -0.15) is 0 Å². The summed E-state index contributed by atoms with van der Waals surface area (Å²) in [4.78, 5) is 0. The first-order valence-corrected chi connectivity index (χ1v) is 4.39. The number of fused-ring (bicyclic) bond motifs is 1. The maximum Gasteiger partial charge on any atom is 0.136 e. The van der Waals surface area contributed by atoms with E-state index in [9.17, 15) is 9.50 Å². The van der Waals surface area contributed by atoms with E-state index in [-0.39, 0.29) is 5.82 Å². The zero-order valence-corrected chi connectivity index (χ0v) is 8.04. The molecule has 2 nitrogen and oxygen atoms in total. The van der Waals surface area contributed by atoms with E-state index < -0.39 is 5.60 Å². The molecule has 0 radical (unpaired) electrons. The average Bonchev–Trinajstić information content (AvgIpc) is 2.45. The molecule has 0 aliphatic rings. The molecule has 0 atom stereocenters. The number of benzene rings is 1. The van der Waals surface area contributed by atoms with Gasteiger partial charge in [-0.1, -0.05) is 0 Å². The molecule has 14 heavy (non-hydrogen) atoms. The zero-order valence-electron chi connectivity index (χ0n) is 8.04. The van der Waals surface area contributed by atoms with Crippen LogP contribution in [0.25, 0.3) is 11.0 Å². The number of hydrogen-bond donors (Lipinski definition) is 1. The molecule has 0 saturated carbocycles. The van der Waals surface area contributed by atoms with Crippen molar-refractivity contribution in [2.45, 2.75) is 19.4 Å². The third kappa shape index (κ3) is 1.51. The zero-order chi connectivity index (χ0) is 10.3. The quantitative estimate of drug-likeness (QED) is 0.757. The van der Waals surface area contributed by atoms with Crippen molar-refractivity contribution in [1.82, 2.24) is 0 Å². The first-order valence-electron chi connectivity index (χ1n) is 4.39. The van der Waals surface area contributed by atoms with Crippen LogP contribution in [0.3, 0.4) is 0 Å². The Morgan fingerprint density at radius 3 is 2.64 bits per heavy atom. The molecule has 2 rings (SSSR count). The molecular weight excluding hydrogens is 183 g/mol. The first-order chi connectivity index (χ1) is 6.47. The van der Waals surface area contributed by atoms with Gasteiger partial charge in [0.1, 0.15) is 22.8 Å². The van der Waals surface area contributed by atoms with Gasteiger partial charge in [0.2, 0.25) is 0 Å². The van der Waals surface area contributed by atoms with E-state index in [0.717, 1.165) is 0 Å². The van der Waals surface area contributed by atoms with Crippen LogP contribution in [0.2, 0.25) is 0 Å². The second-order valence-corrected chi connectivity index (χ2v) is 3.85. The molecule has 3 heteroatoms. The normalized spacial score (nSPS) is 12.3. The van der Waals surface area contributed by atoms with Gasteiger partial charge in [0.25, 0.3) is 0 Å². The van der Waals surface area contributed by atoms with E-state index in [1.54, 1.807) is 26.0 Å². The van der Waals surface area contributed by atoms with Crippen LogP contribution in [0.5, 0.6) is 0 Å². The Labute approximate surface area is 81.0 Å². The summed E-state index contributed by atoms with van der Waals surface area (Å²) in [7, 11) is 0. The van der Waals surface area contributed by atoms with E-state index in [0.29, 0.717) is 16.7 Å². The molecule has 1 aromatic carbocycles. The van der Waals surface area contributed by atoms with E-state index in [1.807, 2.05) is 0 Å². The Balaban J connectivity index is 2.63. The minimum Gasteiger partial charge on any atom is -0.458 e. The molecule has 0 aliphatic carbocycles. The first kappa shape index (κ1) is 9.21. The highest BCUT2D eigenvalue weighted by Gasteiger charge is 2.20. The summed E-state index contributed by atoms with van der Waals surface area (Å²) >= 11 is 0. The summed E-state index contributed by atoms with van der Waals surface area (Å²) in [5.74, 6) is 0.138. The average molecular weight is 194 g/mol. The van der Waals surface area contributed by atoms with Crippen LogP contribution < -0.4 is 0 Å². The van der Waals surface area contributed by atoms with Crippen molar-refractivity contribution in [3.05, 3.63) is 35.8 Å².